The largest absolute Gasteiger partial charge is 0.493 e. The number of aliphatic hydroxyl groups excluding tert-OH is 1. The van der Waals surface area contributed by atoms with Crippen LogP contribution < -0.4 is 14.8 Å². The van der Waals surface area contributed by atoms with Crippen molar-refractivity contribution in [2.24, 2.45) is 0 Å². The van der Waals surface area contributed by atoms with Gasteiger partial charge in [-0.05, 0) is 55.7 Å². The Hall–Kier alpha value is -2.20. The number of anilines is 1. The zero-order chi connectivity index (χ0) is 16.7. The number of aliphatic hydroxyl groups is 1. The molecular weight excluding hydrogens is 290 g/mol. The molecule has 0 spiro atoms. The molecule has 0 atom stereocenters. The van der Waals surface area contributed by atoms with Crippen molar-refractivity contribution in [1.82, 2.24) is 0 Å². The summed E-state index contributed by atoms with van der Waals surface area (Å²) in [6.07, 6.45) is 0.805. The van der Waals surface area contributed by atoms with E-state index < -0.39 is 0 Å². The summed E-state index contributed by atoms with van der Waals surface area (Å²) in [6, 6.07) is 14.1. The van der Waals surface area contributed by atoms with Crippen molar-refractivity contribution in [1.29, 1.82) is 0 Å². The molecule has 0 saturated carbocycles. The highest BCUT2D eigenvalue weighted by atomic mass is 16.5. The molecule has 0 aromatic heterocycles. The third kappa shape index (κ3) is 5.18. The summed E-state index contributed by atoms with van der Waals surface area (Å²) in [4.78, 5) is 0. The van der Waals surface area contributed by atoms with Gasteiger partial charge >= 0.3 is 0 Å². The van der Waals surface area contributed by atoms with Gasteiger partial charge in [0.25, 0.3) is 0 Å². The topological polar surface area (TPSA) is 50.7 Å². The number of rotatable bonds is 8. The Morgan fingerprint density at radius 1 is 1.00 bits per heavy atom. The van der Waals surface area contributed by atoms with Gasteiger partial charge in [0.2, 0.25) is 0 Å². The molecule has 0 bridgehead atoms. The third-order valence-electron chi connectivity index (χ3n) is 3.44. The van der Waals surface area contributed by atoms with Crippen molar-refractivity contribution in [3.05, 3.63) is 53.6 Å². The Morgan fingerprint density at radius 3 is 2.30 bits per heavy atom. The molecule has 2 aromatic rings. The molecule has 0 heterocycles. The monoisotopic (exact) mass is 315 g/mol. The summed E-state index contributed by atoms with van der Waals surface area (Å²) in [5, 5.41) is 12.3. The van der Waals surface area contributed by atoms with E-state index in [0.717, 1.165) is 28.3 Å². The lowest BCUT2D eigenvalue weighted by Crippen LogP contribution is -2.07. The molecule has 0 saturated heterocycles. The molecule has 0 amide bonds. The van der Waals surface area contributed by atoms with Gasteiger partial charge in [-0.2, -0.15) is 0 Å². The number of ether oxygens (including phenoxy) is 2. The molecule has 2 N–H and O–H groups in total. The molecule has 0 aliphatic rings. The smallest absolute Gasteiger partial charge is 0.161 e. The molecule has 124 valence electrons. The van der Waals surface area contributed by atoms with Gasteiger partial charge in [0, 0.05) is 18.8 Å². The van der Waals surface area contributed by atoms with E-state index >= 15 is 0 Å². The van der Waals surface area contributed by atoms with Gasteiger partial charge in [0.1, 0.15) is 0 Å². The predicted molar refractivity (Wildman–Crippen MR) is 93.3 cm³/mol. The Morgan fingerprint density at radius 2 is 1.70 bits per heavy atom. The maximum Gasteiger partial charge on any atom is 0.161 e. The Labute approximate surface area is 138 Å². The van der Waals surface area contributed by atoms with E-state index in [4.69, 9.17) is 14.6 Å². The molecule has 0 aliphatic carbocycles. The second-order valence-electron chi connectivity index (χ2n) is 5.68. The van der Waals surface area contributed by atoms with Crippen LogP contribution in [0.4, 0.5) is 5.69 Å². The van der Waals surface area contributed by atoms with Gasteiger partial charge in [-0.3, -0.25) is 0 Å². The molecule has 23 heavy (non-hydrogen) atoms. The van der Waals surface area contributed by atoms with Gasteiger partial charge in [-0.15, -0.1) is 0 Å². The maximum absolute atomic E-state index is 8.93. The lowest BCUT2D eigenvalue weighted by atomic mass is 10.1. The zero-order valence-corrected chi connectivity index (χ0v) is 14.0. The van der Waals surface area contributed by atoms with Crippen molar-refractivity contribution in [2.75, 3.05) is 19.0 Å². The molecule has 4 nitrogen and oxygen atoms in total. The van der Waals surface area contributed by atoms with E-state index in [1.54, 1.807) is 7.11 Å². The summed E-state index contributed by atoms with van der Waals surface area (Å²) >= 11 is 0. The normalized spacial score (nSPS) is 10.7. The summed E-state index contributed by atoms with van der Waals surface area (Å²) in [7, 11) is 1.65. The van der Waals surface area contributed by atoms with Crippen molar-refractivity contribution in [3.63, 3.8) is 0 Å². The first-order valence-electron chi connectivity index (χ1n) is 7.89. The van der Waals surface area contributed by atoms with Gasteiger partial charge in [0.15, 0.2) is 11.5 Å². The first kappa shape index (κ1) is 17.2. The lowest BCUT2D eigenvalue weighted by Gasteiger charge is -2.15. The van der Waals surface area contributed by atoms with Crippen LogP contribution in [0, 0.1) is 0 Å². The molecule has 0 radical (unpaired) electrons. The van der Waals surface area contributed by atoms with Gasteiger partial charge in [-0.25, -0.2) is 0 Å². The molecule has 2 rings (SSSR count). The van der Waals surface area contributed by atoms with Crippen LogP contribution in [0.15, 0.2) is 42.5 Å². The predicted octanol–water partition coefficient (Wildman–Crippen LogP) is 3.63. The van der Waals surface area contributed by atoms with Gasteiger partial charge < -0.3 is 19.9 Å². The third-order valence-corrected chi connectivity index (χ3v) is 3.44. The van der Waals surface area contributed by atoms with Crippen molar-refractivity contribution in [2.45, 2.75) is 32.9 Å². The van der Waals surface area contributed by atoms with E-state index in [-0.39, 0.29) is 12.7 Å². The number of hydrogen-bond donors (Lipinski definition) is 2. The van der Waals surface area contributed by atoms with Crippen molar-refractivity contribution < 1.29 is 14.6 Å². The number of hydrogen-bond acceptors (Lipinski definition) is 4. The SMILES string of the molecule is COc1cc(CNc2ccc(CCO)cc2)ccc1OC(C)C. The highest BCUT2D eigenvalue weighted by Gasteiger charge is 2.07. The second-order valence-corrected chi connectivity index (χ2v) is 5.68. The zero-order valence-electron chi connectivity index (χ0n) is 14.0. The van der Waals surface area contributed by atoms with Crippen LogP contribution in [0.3, 0.4) is 0 Å². The Kier molecular flexibility index (Phi) is 6.29. The first-order valence-corrected chi connectivity index (χ1v) is 7.89. The summed E-state index contributed by atoms with van der Waals surface area (Å²) in [6.45, 7) is 4.87. The van der Waals surface area contributed by atoms with Gasteiger partial charge in [-0.1, -0.05) is 18.2 Å². The minimum absolute atomic E-state index is 0.116. The van der Waals surface area contributed by atoms with Crippen LogP contribution in [0.25, 0.3) is 0 Å². The van der Waals surface area contributed by atoms with Crippen LogP contribution in [0.2, 0.25) is 0 Å². The minimum Gasteiger partial charge on any atom is -0.493 e. The van der Waals surface area contributed by atoms with Crippen molar-refractivity contribution >= 4 is 5.69 Å². The van der Waals surface area contributed by atoms with Gasteiger partial charge in [0.05, 0.1) is 13.2 Å². The quantitative estimate of drug-likeness (QED) is 0.781. The number of methoxy groups -OCH3 is 1. The fraction of sp³-hybridized carbons (Fsp3) is 0.368. The lowest BCUT2D eigenvalue weighted by molar-refractivity contribution is 0.230. The van der Waals surface area contributed by atoms with Crippen LogP contribution in [-0.2, 0) is 13.0 Å². The minimum atomic E-state index is 0.116. The van der Waals surface area contributed by atoms with Crippen molar-refractivity contribution in [3.8, 4) is 11.5 Å². The maximum atomic E-state index is 8.93. The summed E-state index contributed by atoms with van der Waals surface area (Å²) < 4.78 is 11.1. The highest BCUT2D eigenvalue weighted by Crippen LogP contribution is 2.29. The first-order chi connectivity index (χ1) is 11.1. The van der Waals surface area contributed by atoms with E-state index in [9.17, 15) is 0 Å². The van der Waals surface area contributed by atoms with E-state index in [0.29, 0.717) is 13.0 Å². The molecule has 4 heteroatoms. The fourth-order valence-electron chi connectivity index (χ4n) is 2.30. The van der Waals surface area contributed by atoms with E-state index in [1.807, 2.05) is 56.3 Å². The summed E-state index contributed by atoms with van der Waals surface area (Å²) in [5.74, 6) is 1.51. The molecular formula is C19H25NO3. The summed E-state index contributed by atoms with van der Waals surface area (Å²) in [5.41, 5.74) is 3.31. The average Bonchev–Trinajstić information content (AvgIpc) is 2.55. The Balaban J connectivity index is 1.99. The van der Waals surface area contributed by atoms with E-state index in [1.165, 1.54) is 0 Å². The highest BCUT2D eigenvalue weighted by molar-refractivity contribution is 5.47. The molecule has 2 aromatic carbocycles. The Bertz CT molecular complexity index is 609. The second kappa shape index (κ2) is 8.44. The number of nitrogens with one attached hydrogen (secondary N) is 1. The fourth-order valence-corrected chi connectivity index (χ4v) is 2.30. The molecule has 0 aliphatic heterocycles. The average molecular weight is 315 g/mol. The van der Waals surface area contributed by atoms with Crippen LogP contribution >= 0.6 is 0 Å². The van der Waals surface area contributed by atoms with E-state index in [2.05, 4.69) is 5.32 Å². The van der Waals surface area contributed by atoms with Crippen LogP contribution in [0.1, 0.15) is 25.0 Å². The molecule has 0 unspecified atom stereocenters. The van der Waals surface area contributed by atoms with Crippen LogP contribution in [0.5, 0.6) is 11.5 Å². The number of benzene rings is 2. The van der Waals surface area contributed by atoms with Crippen LogP contribution in [-0.4, -0.2) is 24.9 Å². The molecule has 0 fully saturated rings. The standard InChI is InChI=1S/C19H25NO3/c1-14(2)23-18-9-6-16(12-19(18)22-3)13-20-17-7-4-15(5-8-17)10-11-21/h4-9,12,14,20-21H,10-11,13H2,1-3H3.